The quantitative estimate of drug-likeness (QED) is 0.585. The minimum absolute atomic E-state index is 0.0528. The van der Waals surface area contributed by atoms with Crippen LogP contribution in [0.1, 0.15) is 37.0 Å². The normalized spacial score (nSPS) is 15.3. The first-order valence-electron chi connectivity index (χ1n) is 10.7. The number of anilines is 1. The van der Waals surface area contributed by atoms with Crippen molar-refractivity contribution in [1.29, 1.82) is 0 Å². The van der Waals surface area contributed by atoms with Crippen LogP contribution in [0.4, 0.5) is 5.69 Å². The van der Waals surface area contributed by atoms with Gasteiger partial charge in [0.2, 0.25) is 15.9 Å². The molecule has 1 aliphatic rings. The number of nitrogens with zero attached hydrogens (tertiary/aromatic N) is 1. The number of para-hydroxylation sites is 1. The van der Waals surface area contributed by atoms with Gasteiger partial charge in [0, 0.05) is 18.8 Å². The molecule has 3 rings (SSSR count). The van der Waals surface area contributed by atoms with Gasteiger partial charge in [-0.15, -0.1) is 0 Å². The van der Waals surface area contributed by atoms with Crippen LogP contribution in [0, 0.1) is 5.92 Å². The van der Waals surface area contributed by atoms with E-state index < -0.39 is 27.9 Å². The zero-order valence-corrected chi connectivity index (χ0v) is 20.4. The van der Waals surface area contributed by atoms with Crippen molar-refractivity contribution < 1.29 is 22.7 Å². The molecule has 0 radical (unpaired) electrons. The van der Waals surface area contributed by atoms with Crippen molar-refractivity contribution in [2.24, 2.45) is 5.92 Å². The van der Waals surface area contributed by atoms with Gasteiger partial charge in [-0.1, -0.05) is 37.6 Å². The molecule has 2 aromatic rings. The standard InChI is InChI=1S/C23H28ClN3O5S/c1-15(2)21(26-22(28)17-8-4-5-9-19(17)32-3)23(29)25-16-10-11-18(24)20(14-16)33(30,31)27-12-6-7-13-27/h4-5,8-11,14-15,21H,6-7,12-13H2,1-3H3,(H,25,29)(H,26,28)/t21-/m0/s1. The molecule has 1 aliphatic heterocycles. The van der Waals surface area contributed by atoms with Gasteiger partial charge < -0.3 is 15.4 Å². The third-order valence-electron chi connectivity index (χ3n) is 5.47. The molecule has 0 spiro atoms. The number of hydrogen-bond acceptors (Lipinski definition) is 5. The maximum absolute atomic E-state index is 13.0. The molecule has 1 atom stereocenters. The van der Waals surface area contributed by atoms with E-state index in [0.717, 1.165) is 12.8 Å². The summed E-state index contributed by atoms with van der Waals surface area (Å²) in [5.74, 6) is -0.758. The van der Waals surface area contributed by atoms with E-state index in [2.05, 4.69) is 10.6 Å². The molecule has 0 bridgehead atoms. The van der Waals surface area contributed by atoms with Crippen LogP contribution in [0.2, 0.25) is 5.02 Å². The average Bonchev–Trinajstić information content (AvgIpc) is 3.34. The van der Waals surface area contributed by atoms with Crippen LogP contribution in [0.25, 0.3) is 0 Å². The van der Waals surface area contributed by atoms with Crippen molar-refractivity contribution in [1.82, 2.24) is 9.62 Å². The van der Waals surface area contributed by atoms with E-state index in [0.29, 0.717) is 24.4 Å². The predicted molar refractivity (Wildman–Crippen MR) is 127 cm³/mol. The van der Waals surface area contributed by atoms with E-state index in [9.17, 15) is 18.0 Å². The number of nitrogens with one attached hydrogen (secondary N) is 2. The summed E-state index contributed by atoms with van der Waals surface area (Å²) in [6.45, 7) is 4.50. The predicted octanol–water partition coefficient (Wildman–Crippen LogP) is 3.53. The van der Waals surface area contributed by atoms with Crippen molar-refractivity contribution in [2.45, 2.75) is 37.6 Å². The molecule has 33 heavy (non-hydrogen) atoms. The summed E-state index contributed by atoms with van der Waals surface area (Å²) >= 11 is 6.19. The number of amides is 2. The fourth-order valence-electron chi connectivity index (χ4n) is 3.65. The minimum atomic E-state index is -3.76. The van der Waals surface area contributed by atoms with Crippen LogP contribution in [0.5, 0.6) is 5.75 Å². The van der Waals surface area contributed by atoms with Gasteiger partial charge in [0.25, 0.3) is 5.91 Å². The van der Waals surface area contributed by atoms with Crippen LogP contribution in [0.3, 0.4) is 0 Å². The molecule has 2 amide bonds. The Kier molecular flexibility index (Phi) is 7.99. The number of carbonyl (C=O) groups is 2. The maximum atomic E-state index is 13.0. The second-order valence-corrected chi connectivity index (χ2v) is 10.5. The molecular weight excluding hydrogens is 466 g/mol. The average molecular weight is 494 g/mol. The number of methoxy groups -OCH3 is 1. The minimum Gasteiger partial charge on any atom is -0.496 e. The summed E-state index contributed by atoms with van der Waals surface area (Å²) in [7, 11) is -2.30. The number of rotatable bonds is 8. The molecule has 2 N–H and O–H groups in total. The van der Waals surface area contributed by atoms with Gasteiger partial charge in [0.1, 0.15) is 16.7 Å². The van der Waals surface area contributed by atoms with Gasteiger partial charge in [-0.3, -0.25) is 9.59 Å². The first kappa shape index (κ1) is 25.0. The summed E-state index contributed by atoms with van der Waals surface area (Å²) in [5.41, 5.74) is 0.586. The molecular formula is C23H28ClN3O5S. The molecule has 1 fully saturated rings. The molecule has 0 unspecified atom stereocenters. The van der Waals surface area contributed by atoms with Gasteiger partial charge in [0.15, 0.2) is 0 Å². The van der Waals surface area contributed by atoms with E-state index >= 15 is 0 Å². The highest BCUT2D eigenvalue weighted by atomic mass is 35.5. The lowest BCUT2D eigenvalue weighted by atomic mass is 10.0. The maximum Gasteiger partial charge on any atom is 0.255 e. The SMILES string of the molecule is COc1ccccc1C(=O)N[C@H](C(=O)Nc1ccc(Cl)c(S(=O)(=O)N2CCCC2)c1)C(C)C. The fraction of sp³-hybridized carbons (Fsp3) is 0.391. The van der Waals surface area contributed by atoms with Gasteiger partial charge in [-0.25, -0.2) is 8.42 Å². The highest BCUT2D eigenvalue weighted by Crippen LogP contribution is 2.30. The monoisotopic (exact) mass is 493 g/mol. The van der Waals surface area contributed by atoms with E-state index in [-0.39, 0.29) is 21.5 Å². The zero-order chi connectivity index (χ0) is 24.2. The Hall–Kier alpha value is -2.62. The zero-order valence-electron chi connectivity index (χ0n) is 18.8. The van der Waals surface area contributed by atoms with Crippen molar-refractivity contribution in [3.63, 3.8) is 0 Å². The number of sulfonamides is 1. The number of ether oxygens (including phenoxy) is 1. The third-order valence-corrected chi connectivity index (χ3v) is 7.85. The smallest absolute Gasteiger partial charge is 0.255 e. The van der Waals surface area contributed by atoms with Crippen LogP contribution in [0.15, 0.2) is 47.4 Å². The lowest BCUT2D eigenvalue weighted by Crippen LogP contribution is -2.47. The van der Waals surface area contributed by atoms with Gasteiger partial charge in [-0.05, 0) is 49.1 Å². The highest BCUT2D eigenvalue weighted by molar-refractivity contribution is 7.89. The molecule has 0 aromatic heterocycles. The third kappa shape index (κ3) is 5.66. The van der Waals surface area contributed by atoms with Gasteiger partial charge in [0.05, 0.1) is 17.7 Å². The Morgan fingerprint density at radius 2 is 1.76 bits per heavy atom. The van der Waals surface area contributed by atoms with Crippen LogP contribution < -0.4 is 15.4 Å². The number of halogens is 1. The molecule has 1 heterocycles. The first-order valence-corrected chi connectivity index (χ1v) is 12.5. The Balaban J connectivity index is 1.80. The number of hydrogen-bond donors (Lipinski definition) is 2. The Labute approximate surface area is 199 Å². The van der Waals surface area contributed by atoms with Crippen molar-refractivity contribution >= 4 is 39.1 Å². The largest absolute Gasteiger partial charge is 0.496 e. The molecule has 8 nitrogen and oxygen atoms in total. The van der Waals surface area contributed by atoms with Crippen molar-refractivity contribution in [3.05, 3.63) is 53.1 Å². The molecule has 0 saturated carbocycles. The summed E-state index contributed by atoms with van der Waals surface area (Å²) in [6, 6.07) is 10.2. The summed E-state index contributed by atoms with van der Waals surface area (Å²) < 4.78 is 32.5. The Bertz CT molecular complexity index is 1130. The molecule has 10 heteroatoms. The van der Waals surface area contributed by atoms with Crippen LogP contribution >= 0.6 is 11.6 Å². The second-order valence-electron chi connectivity index (χ2n) is 8.14. The number of carbonyl (C=O) groups excluding carboxylic acids is 2. The molecule has 178 valence electrons. The van der Waals surface area contributed by atoms with Gasteiger partial charge >= 0.3 is 0 Å². The lowest BCUT2D eigenvalue weighted by Gasteiger charge is -2.23. The van der Waals surface area contributed by atoms with E-state index in [1.807, 2.05) is 0 Å². The summed E-state index contributed by atoms with van der Waals surface area (Å²) in [5, 5.41) is 5.55. The van der Waals surface area contributed by atoms with Crippen LogP contribution in [-0.4, -0.2) is 50.8 Å². The summed E-state index contributed by atoms with van der Waals surface area (Å²) in [4.78, 5) is 25.8. The van der Waals surface area contributed by atoms with E-state index in [4.69, 9.17) is 16.3 Å². The molecule has 2 aromatic carbocycles. The highest BCUT2D eigenvalue weighted by Gasteiger charge is 2.30. The topological polar surface area (TPSA) is 105 Å². The Morgan fingerprint density at radius 3 is 2.39 bits per heavy atom. The van der Waals surface area contributed by atoms with Crippen molar-refractivity contribution in [2.75, 3.05) is 25.5 Å². The molecule has 1 saturated heterocycles. The van der Waals surface area contributed by atoms with Crippen LogP contribution in [-0.2, 0) is 14.8 Å². The van der Waals surface area contributed by atoms with Gasteiger partial charge in [-0.2, -0.15) is 4.31 Å². The first-order chi connectivity index (χ1) is 15.6. The number of benzene rings is 2. The molecule has 0 aliphatic carbocycles. The Morgan fingerprint density at radius 1 is 1.09 bits per heavy atom. The van der Waals surface area contributed by atoms with E-state index in [1.54, 1.807) is 38.1 Å². The lowest BCUT2D eigenvalue weighted by molar-refractivity contribution is -0.118. The van der Waals surface area contributed by atoms with E-state index in [1.165, 1.54) is 29.6 Å². The fourth-order valence-corrected chi connectivity index (χ4v) is 5.67. The second kappa shape index (κ2) is 10.5. The van der Waals surface area contributed by atoms with Crippen molar-refractivity contribution in [3.8, 4) is 5.75 Å². The summed E-state index contributed by atoms with van der Waals surface area (Å²) in [6.07, 6.45) is 1.60.